The maximum absolute atomic E-state index is 12.2. The highest BCUT2D eigenvalue weighted by Crippen LogP contribution is 2.32. The van der Waals surface area contributed by atoms with Gasteiger partial charge in [-0.15, -0.1) is 10.2 Å². The number of tetrazole rings is 1. The van der Waals surface area contributed by atoms with Crippen molar-refractivity contribution >= 4 is 5.97 Å². The number of aromatic nitrogens is 4. The van der Waals surface area contributed by atoms with E-state index in [-0.39, 0.29) is 5.92 Å². The Morgan fingerprint density at radius 3 is 2.52 bits per heavy atom. The second-order valence-electron chi connectivity index (χ2n) is 9.08. The van der Waals surface area contributed by atoms with E-state index in [9.17, 15) is 9.90 Å². The summed E-state index contributed by atoms with van der Waals surface area (Å²) in [6, 6.07) is 8.64. The first-order chi connectivity index (χ1) is 15.2. The Morgan fingerprint density at radius 2 is 1.87 bits per heavy atom. The second kappa shape index (κ2) is 10.8. The number of nitrogens with zero attached hydrogens (tertiary/aromatic N) is 3. The third kappa shape index (κ3) is 5.89. The van der Waals surface area contributed by atoms with E-state index in [1.54, 1.807) is 0 Å². The molecule has 2 aromatic rings. The number of nitrogens with one attached hydrogen (secondary N) is 3. The first-order valence-electron chi connectivity index (χ1n) is 11.7. The van der Waals surface area contributed by atoms with Gasteiger partial charge in [-0.25, -0.2) is 0 Å². The molecule has 1 aromatic carbocycles. The van der Waals surface area contributed by atoms with E-state index >= 15 is 0 Å². The molecule has 4 N–H and O–H groups in total. The Kier molecular flexibility index (Phi) is 7.64. The third-order valence-corrected chi connectivity index (χ3v) is 7.05. The molecule has 4 rings (SSSR count). The molecule has 1 aromatic heterocycles. The van der Waals surface area contributed by atoms with Crippen molar-refractivity contribution in [3.8, 4) is 0 Å². The maximum Gasteiger partial charge on any atom is 0.307 e. The highest BCUT2D eigenvalue weighted by Gasteiger charge is 2.32. The van der Waals surface area contributed by atoms with Gasteiger partial charge in [0.25, 0.3) is 0 Å². The molecule has 2 aliphatic rings. The predicted octanol–water partition coefficient (Wildman–Crippen LogP) is 2.47. The van der Waals surface area contributed by atoms with Crippen LogP contribution < -0.4 is 10.6 Å². The molecule has 3 heterocycles. The quantitative estimate of drug-likeness (QED) is 0.461. The monoisotopic (exact) mass is 426 g/mol. The largest absolute Gasteiger partial charge is 0.481 e. The summed E-state index contributed by atoms with van der Waals surface area (Å²) in [6.45, 7) is 4.25. The van der Waals surface area contributed by atoms with Gasteiger partial charge in [-0.3, -0.25) is 4.79 Å². The third-order valence-electron chi connectivity index (χ3n) is 7.05. The fourth-order valence-corrected chi connectivity index (χ4v) is 5.15. The molecule has 8 heteroatoms. The summed E-state index contributed by atoms with van der Waals surface area (Å²) in [5.74, 6) is 0.203. The Bertz CT molecular complexity index is 798. The Labute approximate surface area is 183 Å². The fourth-order valence-electron chi connectivity index (χ4n) is 5.15. The van der Waals surface area contributed by atoms with Crippen LogP contribution in [0.5, 0.6) is 0 Å². The summed E-state index contributed by atoms with van der Waals surface area (Å²) >= 11 is 0. The molecule has 1 unspecified atom stereocenters. The van der Waals surface area contributed by atoms with Crippen LogP contribution in [0.2, 0.25) is 0 Å². The van der Waals surface area contributed by atoms with E-state index in [1.165, 1.54) is 24.8 Å². The van der Waals surface area contributed by atoms with Crippen LogP contribution in [0.4, 0.5) is 0 Å². The first kappa shape index (κ1) is 21.9. The minimum absolute atomic E-state index is 0.289. The van der Waals surface area contributed by atoms with Crippen LogP contribution in [0.1, 0.15) is 67.3 Å². The van der Waals surface area contributed by atoms with Gasteiger partial charge in [0.1, 0.15) is 0 Å². The summed E-state index contributed by atoms with van der Waals surface area (Å²) < 4.78 is 0. The van der Waals surface area contributed by atoms with Crippen molar-refractivity contribution in [1.82, 2.24) is 31.3 Å². The lowest BCUT2D eigenvalue weighted by Crippen LogP contribution is -2.28. The van der Waals surface area contributed by atoms with Gasteiger partial charge in [-0.1, -0.05) is 42.3 Å². The van der Waals surface area contributed by atoms with Gasteiger partial charge in [-0.05, 0) is 74.7 Å². The van der Waals surface area contributed by atoms with Crippen molar-refractivity contribution in [2.75, 3.05) is 26.2 Å². The maximum atomic E-state index is 12.2. The number of hydrogen-bond donors (Lipinski definition) is 4. The van der Waals surface area contributed by atoms with E-state index in [2.05, 4.69) is 55.5 Å². The molecule has 2 fully saturated rings. The van der Waals surface area contributed by atoms with Crippen LogP contribution in [0.15, 0.2) is 24.3 Å². The van der Waals surface area contributed by atoms with Gasteiger partial charge < -0.3 is 15.7 Å². The zero-order valence-electron chi connectivity index (χ0n) is 18.1. The van der Waals surface area contributed by atoms with E-state index in [0.717, 1.165) is 44.6 Å². The van der Waals surface area contributed by atoms with Gasteiger partial charge in [0.05, 0.1) is 5.92 Å². The van der Waals surface area contributed by atoms with Crippen LogP contribution >= 0.6 is 0 Å². The van der Waals surface area contributed by atoms with Crippen molar-refractivity contribution in [2.45, 2.75) is 56.8 Å². The standard InChI is InChI=1S/C23H34N6O2/c30-23(31)20(3-1-2-16-8-11-24-12-9-16)21(22-26-28-29-27-22)14-17-4-6-18(7-5-17)19-10-13-25-15-19/h4-7,16,19-21,24-25H,1-3,8-15H2,(H,30,31)(H,26,27,28,29)/t19?,20-,21-/m0/s1. The second-order valence-corrected chi connectivity index (χ2v) is 9.08. The average molecular weight is 427 g/mol. The van der Waals surface area contributed by atoms with Gasteiger partial charge >= 0.3 is 5.97 Å². The van der Waals surface area contributed by atoms with Crippen molar-refractivity contribution < 1.29 is 9.90 Å². The van der Waals surface area contributed by atoms with Crippen LogP contribution in [-0.2, 0) is 11.2 Å². The first-order valence-corrected chi connectivity index (χ1v) is 11.7. The van der Waals surface area contributed by atoms with Gasteiger partial charge in [0.2, 0.25) is 0 Å². The number of H-pyrrole nitrogens is 1. The number of carboxylic acid groups (broad SMARTS) is 1. The van der Waals surface area contributed by atoms with Crippen molar-refractivity contribution in [2.24, 2.45) is 11.8 Å². The molecule has 2 aliphatic heterocycles. The summed E-state index contributed by atoms with van der Waals surface area (Å²) in [7, 11) is 0. The molecule has 2 saturated heterocycles. The molecule has 3 atom stereocenters. The van der Waals surface area contributed by atoms with E-state index < -0.39 is 11.9 Å². The molecule has 8 nitrogen and oxygen atoms in total. The zero-order chi connectivity index (χ0) is 21.5. The van der Waals surface area contributed by atoms with Crippen molar-refractivity contribution in [3.63, 3.8) is 0 Å². The lowest BCUT2D eigenvalue weighted by atomic mass is 9.81. The van der Waals surface area contributed by atoms with Crippen LogP contribution in [0.3, 0.4) is 0 Å². The number of piperidine rings is 1. The molecule has 168 valence electrons. The smallest absolute Gasteiger partial charge is 0.307 e. The van der Waals surface area contributed by atoms with E-state index in [4.69, 9.17) is 0 Å². The van der Waals surface area contributed by atoms with Gasteiger partial charge in [0.15, 0.2) is 5.82 Å². The topological polar surface area (TPSA) is 116 Å². The summed E-state index contributed by atoms with van der Waals surface area (Å²) in [6.07, 6.45) is 6.81. The highest BCUT2D eigenvalue weighted by molar-refractivity contribution is 5.71. The molecule has 0 amide bonds. The Hall–Kier alpha value is -2.32. The van der Waals surface area contributed by atoms with Crippen LogP contribution in [-0.4, -0.2) is 57.9 Å². The number of aliphatic carboxylic acids is 1. The van der Waals surface area contributed by atoms with Crippen LogP contribution in [0, 0.1) is 11.8 Å². The van der Waals surface area contributed by atoms with Gasteiger partial charge in [0, 0.05) is 12.5 Å². The average Bonchev–Trinajstić information content (AvgIpc) is 3.51. The Balaban J connectivity index is 1.43. The van der Waals surface area contributed by atoms with Crippen molar-refractivity contribution in [3.05, 3.63) is 41.2 Å². The lowest BCUT2D eigenvalue weighted by molar-refractivity contribution is -0.143. The summed E-state index contributed by atoms with van der Waals surface area (Å²) in [5, 5.41) is 31.4. The summed E-state index contributed by atoms with van der Waals surface area (Å²) in [4.78, 5) is 12.2. The minimum atomic E-state index is -0.770. The molecule has 0 bridgehead atoms. The van der Waals surface area contributed by atoms with Crippen molar-refractivity contribution in [1.29, 1.82) is 0 Å². The van der Waals surface area contributed by atoms with Crippen LogP contribution in [0.25, 0.3) is 0 Å². The number of aromatic amines is 1. The number of benzene rings is 1. The SMILES string of the molecule is O=C(O)[C@@H](CCCC1CCNCC1)[C@H](Cc1ccc(C2CCNC2)cc1)c1nn[nH]n1. The number of hydrogen-bond acceptors (Lipinski definition) is 6. The molecule has 0 aliphatic carbocycles. The number of carboxylic acids is 1. The summed E-state index contributed by atoms with van der Waals surface area (Å²) in [5.41, 5.74) is 2.47. The predicted molar refractivity (Wildman–Crippen MR) is 118 cm³/mol. The number of carbonyl (C=O) groups is 1. The van der Waals surface area contributed by atoms with E-state index in [0.29, 0.717) is 30.5 Å². The molecular weight excluding hydrogens is 392 g/mol. The normalized spacial score (nSPS) is 21.7. The zero-order valence-corrected chi connectivity index (χ0v) is 18.1. The minimum Gasteiger partial charge on any atom is -0.481 e. The number of rotatable bonds is 10. The highest BCUT2D eigenvalue weighted by atomic mass is 16.4. The molecule has 0 radical (unpaired) electrons. The van der Waals surface area contributed by atoms with Gasteiger partial charge in [-0.2, -0.15) is 5.21 Å². The fraction of sp³-hybridized carbons (Fsp3) is 0.652. The molecule has 0 spiro atoms. The molecule has 31 heavy (non-hydrogen) atoms. The molecule has 0 saturated carbocycles. The lowest BCUT2D eigenvalue weighted by Gasteiger charge is -2.25. The van der Waals surface area contributed by atoms with E-state index in [1.807, 2.05) is 0 Å². The molecular formula is C23H34N6O2. The Morgan fingerprint density at radius 1 is 1.10 bits per heavy atom.